The lowest BCUT2D eigenvalue weighted by atomic mass is 9.96. The average Bonchev–Trinajstić information content (AvgIpc) is 3.56. The van der Waals surface area contributed by atoms with Gasteiger partial charge in [0.1, 0.15) is 29.4 Å². The van der Waals surface area contributed by atoms with Gasteiger partial charge < -0.3 is 35.0 Å². The number of carbonyl (C=O) groups is 1. The molecule has 0 saturated carbocycles. The summed E-state index contributed by atoms with van der Waals surface area (Å²) in [5, 5.41) is 47.0. The number of hydrogen-bond donors (Lipinski definition) is 5. The molecule has 206 valence electrons. The Morgan fingerprint density at radius 1 is 1.05 bits per heavy atom. The van der Waals surface area contributed by atoms with Crippen LogP contribution in [0.25, 0.3) is 32.2 Å². The number of hydrogen-bond acceptors (Lipinski definition) is 8. The molecule has 2 aromatic heterocycles. The number of benzene rings is 3. The number of aryl methyl sites for hydroxylation is 1. The molecule has 1 aliphatic rings. The van der Waals surface area contributed by atoms with Crippen LogP contribution >= 0.6 is 11.3 Å². The van der Waals surface area contributed by atoms with Gasteiger partial charge in [0.25, 0.3) is 5.91 Å². The van der Waals surface area contributed by atoms with Crippen LogP contribution in [-0.2, 0) is 11.3 Å². The fourth-order valence-electron chi connectivity index (χ4n) is 5.24. The van der Waals surface area contributed by atoms with E-state index in [1.807, 2.05) is 48.0 Å². The maximum absolute atomic E-state index is 13.5. The summed E-state index contributed by atoms with van der Waals surface area (Å²) in [4.78, 5) is 19.1. The van der Waals surface area contributed by atoms with Crippen LogP contribution in [0.3, 0.4) is 0 Å². The van der Waals surface area contributed by atoms with Crippen LogP contribution in [0.2, 0.25) is 0 Å². The molecule has 3 heterocycles. The minimum absolute atomic E-state index is 0.343. The molecule has 1 amide bonds. The van der Waals surface area contributed by atoms with Gasteiger partial charge >= 0.3 is 0 Å². The fraction of sp³-hybridized carbons (Fsp3) is 0.267. The Bertz CT molecular complexity index is 1700. The van der Waals surface area contributed by atoms with Gasteiger partial charge in [0.15, 0.2) is 6.29 Å². The number of aliphatic hydroxyl groups excluding tert-OH is 4. The third-order valence-electron chi connectivity index (χ3n) is 7.36. The lowest BCUT2D eigenvalue weighted by molar-refractivity contribution is -0.252. The predicted octanol–water partition coefficient (Wildman–Crippen LogP) is 2.80. The number of aromatic nitrogens is 2. The van der Waals surface area contributed by atoms with Gasteiger partial charge in [-0.05, 0) is 35.4 Å². The third-order valence-corrected chi connectivity index (χ3v) is 8.32. The third kappa shape index (κ3) is 4.90. The molecule has 9 nitrogen and oxygen atoms in total. The highest BCUT2D eigenvalue weighted by Crippen LogP contribution is 2.31. The van der Waals surface area contributed by atoms with Crippen LogP contribution in [0.4, 0.5) is 0 Å². The Morgan fingerprint density at radius 2 is 1.85 bits per heavy atom. The average molecular weight is 560 g/mol. The van der Waals surface area contributed by atoms with Gasteiger partial charge in [-0.2, -0.15) is 0 Å². The lowest BCUT2D eigenvalue weighted by Crippen LogP contribution is -2.64. The van der Waals surface area contributed by atoms with Gasteiger partial charge in [-0.25, -0.2) is 4.98 Å². The minimum atomic E-state index is -1.61. The van der Waals surface area contributed by atoms with Crippen molar-refractivity contribution >= 4 is 38.9 Å². The van der Waals surface area contributed by atoms with Crippen LogP contribution in [0.5, 0.6) is 0 Å². The molecule has 5 aromatic rings. The Kier molecular flexibility index (Phi) is 7.13. The maximum Gasteiger partial charge on any atom is 0.253 e. The number of nitrogens with zero attached hydrogens (tertiary/aromatic N) is 2. The molecule has 40 heavy (non-hydrogen) atoms. The van der Waals surface area contributed by atoms with Crippen molar-refractivity contribution in [2.75, 3.05) is 6.61 Å². The summed E-state index contributed by atoms with van der Waals surface area (Å²) < 4.78 is 7.21. The maximum atomic E-state index is 13.5. The van der Waals surface area contributed by atoms with Gasteiger partial charge in [-0.3, -0.25) is 4.79 Å². The molecule has 3 aromatic carbocycles. The van der Waals surface area contributed by atoms with Gasteiger partial charge in [-0.1, -0.05) is 48.5 Å². The zero-order valence-electron chi connectivity index (χ0n) is 21.6. The van der Waals surface area contributed by atoms with E-state index in [-0.39, 0.29) is 0 Å². The van der Waals surface area contributed by atoms with Crippen molar-refractivity contribution in [3.63, 3.8) is 0 Å². The molecular formula is C30H29N3O6S. The molecule has 0 radical (unpaired) electrons. The SMILES string of the molecule is Cc1cnc(-c2ccc3c(C(=O)N[C@H]4C(O)O[C@H](CO)[C@@H](O)C4O)cn(Cc4ccc5ccccc5c4)c3c2)s1. The van der Waals surface area contributed by atoms with E-state index in [0.717, 1.165) is 37.3 Å². The van der Waals surface area contributed by atoms with Crippen LogP contribution in [0.1, 0.15) is 20.8 Å². The molecule has 0 aliphatic carbocycles. The summed E-state index contributed by atoms with van der Waals surface area (Å²) >= 11 is 1.59. The van der Waals surface area contributed by atoms with Crippen LogP contribution < -0.4 is 5.32 Å². The summed E-state index contributed by atoms with van der Waals surface area (Å²) in [6.45, 7) is 1.92. The first-order chi connectivity index (χ1) is 19.3. The second-order valence-corrected chi connectivity index (χ2v) is 11.3. The Morgan fingerprint density at radius 3 is 2.60 bits per heavy atom. The molecule has 6 rings (SSSR count). The second-order valence-electron chi connectivity index (χ2n) is 10.1. The van der Waals surface area contributed by atoms with Crippen LogP contribution in [0.15, 0.2) is 73.1 Å². The molecule has 1 fully saturated rings. The fourth-order valence-corrected chi connectivity index (χ4v) is 6.00. The molecule has 0 bridgehead atoms. The van der Waals surface area contributed by atoms with E-state index in [0.29, 0.717) is 17.5 Å². The van der Waals surface area contributed by atoms with Crippen molar-refractivity contribution in [3.05, 3.63) is 89.1 Å². The molecule has 5 N–H and O–H groups in total. The number of aliphatic hydroxyl groups is 4. The Hall–Kier alpha value is -3.64. The molecule has 5 atom stereocenters. The number of fused-ring (bicyclic) bond motifs is 2. The molecular weight excluding hydrogens is 530 g/mol. The number of ether oxygens (including phenoxy) is 1. The first kappa shape index (κ1) is 26.6. The topological polar surface area (TPSA) is 137 Å². The number of amides is 1. The quantitative estimate of drug-likeness (QED) is 0.216. The van der Waals surface area contributed by atoms with E-state index in [9.17, 15) is 25.2 Å². The summed E-state index contributed by atoms with van der Waals surface area (Å²) in [6.07, 6.45) is -2.19. The number of rotatable bonds is 6. The Labute approximate surface area is 233 Å². The highest BCUT2D eigenvalue weighted by Gasteiger charge is 2.44. The van der Waals surface area contributed by atoms with E-state index in [1.165, 1.54) is 0 Å². The lowest BCUT2D eigenvalue weighted by Gasteiger charge is -2.40. The van der Waals surface area contributed by atoms with E-state index >= 15 is 0 Å². The van der Waals surface area contributed by atoms with Crippen LogP contribution in [-0.4, -0.2) is 73.1 Å². The van der Waals surface area contributed by atoms with Crippen molar-refractivity contribution in [1.29, 1.82) is 0 Å². The highest BCUT2D eigenvalue weighted by molar-refractivity contribution is 7.14. The van der Waals surface area contributed by atoms with E-state index in [4.69, 9.17) is 4.74 Å². The highest BCUT2D eigenvalue weighted by atomic mass is 32.1. The molecule has 1 aliphatic heterocycles. The number of nitrogens with one attached hydrogen (secondary N) is 1. The zero-order valence-corrected chi connectivity index (χ0v) is 22.5. The summed E-state index contributed by atoms with van der Waals surface area (Å²) in [5.74, 6) is -0.540. The molecule has 1 saturated heterocycles. The second kappa shape index (κ2) is 10.7. The summed E-state index contributed by atoms with van der Waals surface area (Å²) in [5.41, 5.74) is 3.16. The first-order valence-electron chi connectivity index (χ1n) is 13.0. The summed E-state index contributed by atoms with van der Waals surface area (Å²) in [7, 11) is 0. The zero-order chi connectivity index (χ0) is 28.0. The molecule has 2 unspecified atom stereocenters. The standard InChI is InChI=1S/C30H29N3O6S/c1-16-12-31-29(40-16)20-8-9-21-22(28(37)32-25-27(36)26(35)24(15-34)39-30(25)38)14-33(23(21)11-20)13-17-6-7-18-4-2-3-5-19(18)10-17/h2-12,14,24-27,30,34-36,38H,13,15H2,1H3,(H,32,37)/t24-,25-,26-,27?,30?/m1/s1. The Balaban J connectivity index is 1.38. The van der Waals surface area contributed by atoms with Crippen molar-refractivity contribution < 1.29 is 30.0 Å². The van der Waals surface area contributed by atoms with Crippen molar-refractivity contribution in [1.82, 2.24) is 14.9 Å². The number of carbonyl (C=O) groups excluding carboxylic acids is 1. The van der Waals surface area contributed by atoms with Gasteiger partial charge in [0.05, 0.1) is 12.2 Å². The molecule has 10 heteroatoms. The first-order valence-corrected chi connectivity index (χ1v) is 13.8. The van der Waals surface area contributed by atoms with Crippen LogP contribution in [0, 0.1) is 6.92 Å². The van der Waals surface area contributed by atoms with E-state index < -0.39 is 43.2 Å². The van der Waals surface area contributed by atoms with E-state index in [1.54, 1.807) is 17.5 Å². The minimum Gasteiger partial charge on any atom is -0.394 e. The summed E-state index contributed by atoms with van der Waals surface area (Å²) in [6, 6.07) is 18.9. The smallest absolute Gasteiger partial charge is 0.253 e. The molecule has 0 spiro atoms. The van der Waals surface area contributed by atoms with E-state index in [2.05, 4.69) is 40.6 Å². The van der Waals surface area contributed by atoms with Crippen molar-refractivity contribution in [2.45, 2.75) is 44.1 Å². The monoisotopic (exact) mass is 559 g/mol. The predicted molar refractivity (Wildman–Crippen MR) is 152 cm³/mol. The largest absolute Gasteiger partial charge is 0.394 e. The number of thiazole rings is 1. The van der Waals surface area contributed by atoms with Gasteiger partial charge in [-0.15, -0.1) is 11.3 Å². The van der Waals surface area contributed by atoms with Crippen molar-refractivity contribution in [2.24, 2.45) is 0 Å². The normalized spacial score (nSPS) is 23.1. The van der Waals surface area contributed by atoms with Gasteiger partial charge in [0, 0.05) is 40.3 Å². The van der Waals surface area contributed by atoms with Gasteiger partial charge in [0.2, 0.25) is 0 Å². The van der Waals surface area contributed by atoms with Crippen molar-refractivity contribution in [3.8, 4) is 10.6 Å².